The van der Waals surface area contributed by atoms with Crippen LogP contribution in [0.15, 0.2) is 24.3 Å². The van der Waals surface area contributed by atoms with Gasteiger partial charge in [0.1, 0.15) is 6.07 Å². The molecule has 106 valence electrons. The lowest BCUT2D eigenvalue weighted by Crippen LogP contribution is -2.25. The van der Waals surface area contributed by atoms with Crippen molar-refractivity contribution in [3.05, 3.63) is 29.8 Å². The second-order valence-corrected chi connectivity index (χ2v) is 6.48. The number of rotatable bonds is 3. The summed E-state index contributed by atoms with van der Waals surface area (Å²) in [5, 5.41) is 8.58. The maximum atomic E-state index is 11.8. The van der Waals surface area contributed by atoms with Crippen molar-refractivity contribution in [3.63, 3.8) is 0 Å². The highest BCUT2D eigenvalue weighted by Gasteiger charge is 2.28. The van der Waals surface area contributed by atoms with Crippen LogP contribution in [0.25, 0.3) is 0 Å². The molecule has 0 aromatic heterocycles. The van der Waals surface area contributed by atoms with E-state index >= 15 is 0 Å². The summed E-state index contributed by atoms with van der Waals surface area (Å²) < 4.78 is 29.7. The smallest absolute Gasteiger partial charge is 0.339 e. The van der Waals surface area contributed by atoms with Gasteiger partial charge in [-0.3, -0.25) is 4.31 Å². The molecule has 1 aromatic rings. The van der Waals surface area contributed by atoms with E-state index in [2.05, 4.69) is 0 Å². The van der Waals surface area contributed by atoms with Gasteiger partial charge in [-0.15, -0.1) is 0 Å². The van der Waals surface area contributed by atoms with Gasteiger partial charge in [0.2, 0.25) is 10.0 Å². The van der Waals surface area contributed by atoms with Gasteiger partial charge >= 0.3 is 5.97 Å². The van der Waals surface area contributed by atoms with Crippen LogP contribution in [0.5, 0.6) is 0 Å². The third kappa shape index (κ3) is 2.91. The number of nitriles is 1. The first-order chi connectivity index (χ1) is 9.44. The van der Waals surface area contributed by atoms with Crippen LogP contribution in [-0.4, -0.2) is 32.8 Å². The van der Waals surface area contributed by atoms with Crippen molar-refractivity contribution in [1.82, 2.24) is 0 Å². The quantitative estimate of drug-likeness (QED) is 0.784. The molecule has 1 unspecified atom stereocenters. The van der Waals surface area contributed by atoms with Gasteiger partial charge in [0.15, 0.2) is 6.10 Å². The summed E-state index contributed by atoms with van der Waals surface area (Å²) in [6.45, 7) is 1.93. The fraction of sp³-hybridized carbons (Fsp3) is 0.385. The highest BCUT2D eigenvalue weighted by atomic mass is 32.2. The maximum absolute atomic E-state index is 11.8. The Bertz CT molecular complexity index is 646. The van der Waals surface area contributed by atoms with E-state index in [0.29, 0.717) is 18.7 Å². The van der Waals surface area contributed by atoms with E-state index in [0.717, 1.165) is 0 Å². The van der Waals surface area contributed by atoms with E-state index < -0.39 is 22.1 Å². The number of ether oxygens (including phenoxy) is 1. The molecule has 0 radical (unpaired) electrons. The topological polar surface area (TPSA) is 87.5 Å². The van der Waals surface area contributed by atoms with E-state index in [-0.39, 0.29) is 11.3 Å². The average molecular weight is 294 g/mol. The standard InChI is InChI=1S/C13H14N2O4S/c1-10(9-14)19-13(16)11-3-5-12(6-4-11)15-7-2-8-20(15,17)18/h3-6,10H,2,7-8H2,1H3. The van der Waals surface area contributed by atoms with Gasteiger partial charge < -0.3 is 4.74 Å². The summed E-state index contributed by atoms with van der Waals surface area (Å²) in [5.74, 6) is -0.453. The molecular weight excluding hydrogens is 280 g/mol. The fourth-order valence-electron chi connectivity index (χ4n) is 1.95. The van der Waals surface area contributed by atoms with Crippen LogP contribution in [0.4, 0.5) is 5.69 Å². The lowest BCUT2D eigenvalue weighted by atomic mass is 10.2. The Hall–Kier alpha value is -2.07. The number of anilines is 1. The van der Waals surface area contributed by atoms with E-state index in [1.807, 2.05) is 0 Å². The van der Waals surface area contributed by atoms with E-state index in [1.54, 1.807) is 18.2 Å². The fourth-order valence-corrected chi connectivity index (χ4v) is 3.51. The van der Waals surface area contributed by atoms with E-state index in [4.69, 9.17) is 10.00 Å². The lowest BCUT2D eigenvalue weighted by molar-refractivity contribution is 0.0435. The molecule has 6 nitrogen and oxygen atoms in total. The third-order valence-electron chi connectivity index (χ3n) is 2.96. The number of carbonyl (C=O) groups excluding carboxylic acids is 1. The van der Waals surface area contributed by atoms with Crippen molar-refractivity contribution in [1.29, 1.82) is 5.26 Å². The minimum absolute atomic E-state index is 0.149. The number of hydrogen-bond acceptors (Lipinski definition) is 5. The molecule has 1 aromatic carbocycles. The molecule has 1 heterocycles. The molecule has 1 aliphatic rings. The van der Waals surface area contributed by atoms with Gasteiger partial charge in [-0.05, 0) is 37.6 Å². The lowest BCUT2D eigenvalue weighted by Gasteiger charge is -2.17. The number of benzene rings is 1. The third-order valence-corrected chi connectivity index (χ3v) is 4.83. The number of hydrogen-bond donors (Lipinski definition) is 0. The maximum Gasteiger partial charge on any atom is 0.339 e. The highest BCUT2D eigenvalue weighted by molar-refractivity contribution is 7.93. The SMILES string of the molecule is CC(C#N)OC(=O)c1ccc(N2CCCS2(=O)=O)cc1. The van der Waals surface area contributed by atoms with Gasteiger partial charge in [0, 0.05) is 6.54 Å². The second kappa shape index (κ2) is 5.51. The first kappa shape index (κ1) is 14.3. The van der Waals surface area contributed by atoms with Crippen molar-refractivity contribution in [2.24, 2.45) is 0 Å². The second-order valence-electron chi connectivity index (χ2n) is 4.47. The van der Waals surface area contributed by atoms with Crippen molar-refractivity contribution >= 4 is 21.7 Å². The summed E-state index contributed by atoms with van der Waals surface area (Å²) in [6.07, 6.45) is -0.215. The van der Waals surface area contributed by atoms with E-state index in [9.17, 15) is 13.2 Å². The molecule has 1 saturated heterocycles. The number of esters is 1. The van der Waals surface area contributed by atoms with Crippen molar-refractivity contribution < 1.29 is 17.9 Å². The Morgan fingerprint density at radius 2 is 2.05 bits per heavy atom. The zero-order valence-corrected chi connectivity index (χ0v) is 11.8. The van der Waals surface area contributed by atoms with Crippen LogP contribution in [0.3, 0.4) is 0 Å². The van der Waals surface area contributed by atoms with Crippen LogP contribution in [-0.2, 0) is 14.8 Å². The predicted octanol–water partition coefficient (Wildman–Crippen LogP) is 1.30. The molecule has 20 heavy (non-hydrogen) atoms. The first-order valence-electron chi connectivity index (χ1n) is 6.15. The molecule has 2 rings (SSSR count). The van der Waals surface area contributed by atoms with Crippen LogP contribution in [0.2, 0.25) is 0 Å². The van der Waals surface area contributed by atoms with Crippen LogP contribution < -0.4 is 4.31 Å². The van der Waals surface area contributed by atoms with E-state index in [1.165, 1.54) is 23.4 Å². The van der Waals surface area contributed by atoms with Crippen LogP contribution in [0, 0.1) is 11.3 Å². The number of sulfonamides is 1. The molecule has 0 saturated carbocycles. The van der Waals surface area contributed by atoms with Gasteiger partial charge in [0.25, 0.3) is 0 Å². The van der Waals surface area contributed by atoms with Gasteiger partial charge in [-0.25, -0.2) is 13.2 Å². The molecule has 0 bridgehead atoms. The summed E-state index contributed by atoms with van der Waals surface area (Å²) in [6, 6.07) is 7.93. The molecule has 0 amide bonds. The molecule has 0 N–H and O–H groups in total. The van der Waals surface area contributed by atoms with Gasteiger partial charge in [-0.2, -0.15) is 5.26 Å². The zero-order chi connectivity index (χ0) is 14.8. The largest absolute Gasteiger partial charge is 0.444 e. The minimum atomic E-state index is -3.22. The molecular formula is C13H14N2O4S. The number of carbonyl (C=O) groups is 1. The summed E-state index contributed by atoms with van der Waals surface area (Å²) in [4.78, 5) is 11.7. The van der Waals surface area contributed by atoms with Gasteiger partial charge in [0.05, 0.1) is 17.0 Å². The Labute approximate surface area is 117 Å². The zero-order valence-electron chi connectivity index (χ0n) is 10.9. The van der Waals surface area contributed by atoms with Crippen molar-refractivity contribution in [2.75, 3.05) is 16.6 Å². The summed E-state index contributed by atoms with van der Waals surface area (Å²) in [7, 11) is -3.22. The average Bonchev–Trinajstić information content (AvgIpc) is 2.78. The Morgan fingerprint density at radius 3 is 2.55 bits per heavy atom. The molecule has 7 heteroatoms. The van der Waals surface area contributed by atoms with Crippen LogP contribution in [0.1, 0.15) is 23.7 Å². The van der Waals surface area contributed by atoms with Crippen LogP contribution >= 0.6 is 0 Å². The summed E-state index contributed by atoms with van der Waals surface area (Å²) >= 11 is 0. The normalized spacial score (nSPS) is 18.3. The Morgan fingerprint density at radius 1 is 1.40 bits per heavy atom. The molecule has 0 spiro atoms. The number of nitrogens with zero attached hydrogens (tertiary/aromatic N) is 2. The Balaban J connectivity index is 2.15. The molecule has 0 aliphatic carbocycles. The summed E-state index contributed by atoms with van der Waals surface area (Å²) in [5.41, 5.74) is 0.819. The van der Waals surface area contributed by atoms with Crippen molar-refractivity contribution in [3.8, 4) is 6.07 Å². The van der Waals surface area contributed by atoms with Crippen molar-refractivity contribution in [2.45, 2.75) is 19.4 Å². The Kier molecular flexibility index (Phi) is 3.95. The predicted molar refractivity (Wildman–Crippen MR) is 72.7 cm³/mol. The molecule has 1 atom stereocenters. The molecule has 1 fully saturated rings. The first-order valence-corrected chi connectivity index (χ1v) is 7.76. The minimum Gasteiger partial charge on any atom is -0.444 e. The highest BCUT2D eigenvalue weighted by Crippen LogP contribution is 2.24. The monoisotopic (exact) mass is 294 g/mol. The molecule has 1 aliphatic heterocycles. The van der Waals surface area contributed by atoms with Gasteiger partial charge in [-0.1, -0.05) is 0 Å².